The van der Waals surface area contributed by atoms with Crippen LogP contribution in [-0.2, 0) is 29.7 Å². The van der Waals surface area contributed by atoms with Gasteiger partial charge >= 0.3 is 0 Å². The van der Waals surface area contributed by atoms with Crippen LogP contribution in [0.2, 0.25) is 0 Å². The molecule has 0 atom stereocenters. The first-order valence-corrected chi connectivity index (χ1v) is 16.7. The van der Waals surface area contributed by atoms with Crippen molar-refractivity contribution in [3.63, 3.8) is 0 Å². The summed E-state index contributed by atoms with van der Waals surface area (Å²) in [7, 11) is -1.85. The fraction of sp³-hybridized carbons (Fsp3) is 0.424. The van der Waals surface area contributed by atoms with Gasteiger partial charge in [-0.2, -0.15) is 0 Å². The van der Waals surface area contributed by atoms with Gasteiger partial charge in [0, 0.05) is 56.9 Å². The summed E-state index contributed by atoms with van der Waals surface area (Å²) in [6.45, 7) is 6.20. The van der Waals surface area contributed by atoms with E-state index in [2.05, 4.69) is 21.9 Å². The normalized spacial score (nSPS) is 17.5. The van der Waals surface area contributed by atoms with Crippen LogP contribution >= 0.6 is 0 Å². The third-order valence-corrected chi connectivity index (χ3v) is 9.38. The first-order valence-electron chi connectivity index (χ1n) is 14.8. The van der Waals surface area contributed by atoms with Gasteiger partial charge in [0.1, 0.15) is 5.75 Å². The molecule has 0 radical (unpaired) electrons. The second kappa shape index (κ2) is 13.7. The van der Waals surface area contributed by atoms with E-state index in [4.69, 9.17) is 4.74 Å². The summed E-state index contributed by atoms with van der Waals surface area (Å²) in [5.74, 6) is 0.721. The van der Waals surface area contributed by atoms with Crippen LogP contribution in [0.1, 0.15) is 46.3 Å². The average molecular weight is 591 g/mol. The molecule has 0 N–H and O–H groups in total. The number of nitrogens with zero attached hydrogens (tertiary/aromatic N) is 4. The highest BCUT2D eigenvalue weighted by Gasteiger charge is 2.26. The van der Waals surface area contributed by atoms with Gasteiger partial charge in [-0.1, -0.05) is 48.5 Å². The molecule has 3 aromatic rings. The number of hydrogen-bond acceptors (Lipinski definition) is 6. The molecule has 1 fully saturated rings. The molecule has 0 bridgehead atoms. The first-order chi connectivity index (χ1) is 20.3. The van der Waals surface area contributed by atoms with E-state index in [1.807, 2.05) is 65.6 Å². The number of sulfonamides is 1. The Hall–Kier alpha value is -3.40. The summed E-state index contributed by atoms with van der Waals surface area (Å²) in [6.07, 6.45) is 4.32. The number of fused-ring (bicyclic) bond motifs is 1. The van der Waals surface area contributed by atoms with E-state index >= 15 is 0 Å². The summed E-state index contributed by atoms with van der Waals surface area (Å²) in [5, 5.41) is 0. The molecule has 0 aromatic heterocycles. The largest absolute Gasteiger partial charge is 0.496 e. The smallest absolute Gasteiger partial charge is 0.254 e. The van der Waals surface area contributed by atoms with Crippen molar-refractivity contribution in [2.75, 3.05) is 56.9 Å². The quantitative estimate of drug-likeness (QED) is 0.401. The van der Waals surface area contributed by atoms with Gasteiger partial charge in [-0.3, -0.25) is 18.9 Å². The van der Waals surface area contributed by atoms with E-state index in [1.54, 1.807) is 7.11 Å². The van der Waals surface area contributed by atoms with Gasteiger partial charge in [0.2, 0.25) is 10.0 Å². The summed E-state index contributed by atoms with van der Waals surface area (Å²) < 4.78 is 33.1. The van der Waals surface area contributed by atoms with Crippen LogP contribution in [0.15, 0.2) is 72.8 Å². The minimum Gasteiger partial charge on any atom is -0.496 e. The molecule has 42 heavy (non-hydrogen) atoms. The summed E-state index contributed by atoms with van der Waals surface area (Å²) in [6, 6.07) is 23.5. The van der Waals surface area contributed by atoms with Crippen LogP contribution in [0.3, 0.4) is 0 Å². The molecule has 0 unspecified atom stereocenters. The van der Waals surface area contributed by atoms with E-state index in [-0.39, 0.29) is 5.91 Å². The Labute approximate surface area is 250 Å². The molecule has 1 amide bonds. The number of hydrogen-bond donors (Lipinski definition) is 0. The van der Waals surface area contributed by atoms with E-state index in [9.17, 15) is 13.2 Å². The van der Waals surface area contributed by atoms with Crippen LogP contribution in [0.4, 0.5) is 5.69 Å². The van der Waals surface area contributed by atoms with Crippen molar-refractivity contribution in [2.24, 2.45) is 0 Å². The lowest BCUT2D eigenvalue weighted by Gasteiger charge is -2.28. The van der Waals surface area contributed by atoms with Crippen molar-refractivity contribution in [1.82, 2.24) is 14.7 Å². The van der Waals surface area contributed by atoms with Crippen LogP contribution < -0.4 is 9.04 Å². The maximum absolute atomic E-state index is 14.2. The number of likely N-dealkylation sites (tertiary alicyclic amines) is 1. The van der Waals surface area contributed by atoms with Crippen molar-refractivity contribution in [1.29, 1.82) is 0 Å². The highest BCUT2D eigenvalue weighted by molar-refractivity contribution is 7.92. The predicted octanol–water partition coefficient (Wildman–Crippen LogP) is 4.61. The number of rotatable bonds is 7. The molecular weight excluding hydrogens is 548 g/mol. The number of para-hydroxylation sites is 1. The molecule has 224 valence electrons. The predicted molar refractivity (Wildman–Crippen MR) is 167 cm³/mol. The lowest BCUT2D eigenvalue weighted by Crippen LogP contribution is -2.38. The third-order valence-electron chi connectivity index (χ3n) is 8.20. The minimum atomic E-state index is -3.52. The number of carbonyl (C=O) groups is 1. The van der Waals surface area contributed by atoms with E-state index < -0.39 is 10.0 Å². The van der Waals surface area contributed by atoms with Gasteiger partial charge in [0.05, 0.1) is 19.1 Å². The maximum Gasteiger partial charge on any atom is 0.254 e. The number of methoxy groups -OCH3 is 1. The Morgan fingerprint density at radius 1 is 0.786 bits per heavy atom. The van der Waals surface area contributed by atoms with Gasteiger partial charge in [-0.15, -0.1) is 0 Å². The number of amides is 1. The summed E-state index contributed by atoms with van der Waals surface area (Å²) in [5.41, 5.74) is 4.27. The number of ether oxygens (including phenoxy) is 1. The van der Waals surface area contributed by atoms with E-state index in [0.29, 0.717) is 50.4 Å². The molecule has 2 aliphatic rings. The van der Waals surface area contributed by atoms with Crippen molar-refractivity contribution in [3.05, 3.63) is 95.1 Å². The Balaban J connectivity index is 1.48. The van der Waals surface area contributed by atoms with Gasteiger partial charge in [-0.25, -0.2) is 8.42 Å². The second-order valence-corrected chi connectivity index (χ2v) is 13.2. The van der Waals surface area contributed by atoms with Crippen LogP contribution in [0, 0.1) is 0 Å². The second-order valence-electron chi connectivity index (χ2n) is 11.3. The van der Waals surface area contributed by atoms with Crippen molar-refractivity contribution >= 4 is 21.6 Å². The first kappa shape index (κ1) is 30.1. The Morgan fingerprint density at radius 2 is 1.48 bits per heavy atom. The van der Waals surface area contributed by atoms with Crippen LogP contribution in [-0.4, -0.2) is 81.7 Å². The Morgan fingerprint density at radius 3 is 2.21 bits per heavy atom. The molecule has 0 saturated carbocycles. The molecule has 3 aromatic carbocycles. The van der Waals surface area contributed by atoms with E-state index in [0.717, 1.165) is 43.1 Å². The van der Waals surface area contributed by atoms with Crippen molar-refractivity contribution in [2.45, 2.75) is 38.9 Å². The lowest BCUT2D eigenvalue weighted by molar-refractivity contribution is 0.0720. The molecule has 0 aliphatic carbocycles. The third kappa shape index (κ3) is 7.51. The Kier molecular flexibility index (Phi) is 9.82. The maximum atomic E-state index is 14.2. The lowest BCUT2D eigenvalue weighted by atomic mass is 10.1. The van der Waals surface area contributed by atoms with Gasteiger partial charge in [0.25, 0.3) is 5.91 Å². The summed E-state index contributed by atoms with van der Waals surface area (Å²) >= 11 is 0. The molecule has 1 saturated heterocycles. The topological polar surface area (TPSA) is 73.4 Å². The highest BCUT2D eigenvalue weighted by Crippen LogP contribution is 2.28. The zero-order chi connectivity index (χ0) is 29.5. The van der Waals surface area contributed by atoms with Gasteiger partial charge in [0.15, 0.2) is 0 Å². The van der Waals surface area contributed by atoms with Crippen molar-refractivity contribution in [3.8, 4) is 5.75 Å². The number of carbonyl (C=O) groups excluding carboxylic acids is 1. The average Bonchev–Trinajstić information content (AvgIpc) is 3.49. The van der Waals surface area contributed by atoms with Gasteiger partial charge < -0.3 is 9.64 Å². The molecule has 2 aliphatic heterocycles. The zero-order valence-corrected chi connectivity index (χ0v) is 25.6. The minimum absolute atomic E-state index is 0.0695. The molecule has 5 rings (SSSR count). The Bertz CT molecular complexity index is 1460. The number of anilines is 1. The standard InChI is InChI=1S/C33H42N4O4S/c1-41-32-16-15-28(23-30(32)25-34-17-8-9-18-34)33(38)36-22-21-35(24-27-11-4-3-5-12-27)19-10-20-37(42(2,39)40)31-14-7-6-13-29(31)26-36/h3-7,11-16,23H,8-10,17-22,24-26H2,1-2H3. The molecule has 9 heteroatoms. The molecule has 2 heterocycles. The molecule has 8 nitrogen and oxygen atoms in total. The van der Waals surface area contributed by atoms with Crippen LogP contribution in [0.5, 0.6) is 5.75 Å². The SMILES string of the molecule is COc1ccc(C(=O)N2CCN(Cc3ccccc3)CCCN(S(C)(=O)=O)c3ccccc3C2)cc1CN1CCCC1. The van der Waals surface area contributed by atoms with E-state index in [1.165, 1.54) is 29.0 Å². The summed E-state index contributed by atoms with van der Waals surface area (Å²) in [4.78, 5) is 20.8. The highest BCUT2D eigenvalue weighted by atomic mass is 32.2. The molecule has 0 spiro atoms. The zero-order valence-electron chi connectivity index (χ0n) is 24.7. The van der Waals surface area contributed by atoms with Crippen molar-refractivity contribution < 1.29 is 17.9 Å². The van der Waals surface area contributed by atoms with Gasteiger partial charge in [-0.05, 0) is 67.7 Å². The van der Waals surface area contributed by atoms with Crippen LogP contribution in [0.25, 0.3) is 0 Å². The monoisotopic (exact) mass is 590 g/mol. The fourth-order valence-electron chi connectivity index (χ4n) is 6.02. The fourth-order valence-corrected chi connectivity index (χ4v) is 7.02. The molecular formula is C33H42N4O4S. The number of benzene rings is 3.